The Hall–Kier alpha value is -1.69. The van der Waals surface area contributed by atoms with Gasteiger partial charge in [0.25, 0.3) is 0 Å². The summed E-state index contributed by atoms with van der Waals surface area (Å²) in [6.07, 6.45) is 65.9. The summed E-state index contributed by atoms with van der Waals surface area (Å²) in [4.78, 5) is 12.4. The van der Waals surface area contributed by atoms with E-state index in [-0.39, 0.29) is 18.9 Å². The second-order valence-corrected chi connectivity index (χ2v) is 18.1. The van der Waals surface area contributed by atoms with Crippen LogP contribution in [0.1, 0.15) is 271 Å². The molecule has 352 valence electrons. The third kappa shape index (κ3) is 45.8. The van der Waals surface area contributed by atoms with Crippen LogP contribution in [-0.4, -0.2) is 46.1 Å². The van der Waals surface area contributed by atoms with Gasteiger partial charge in [-0.1, -0.05) is 249 Å². The van der Waals surface area contributed by atoms with Crippen molar-refractivity contribution in [2.45, 2.75) is 289 Å². The van der Waals surface area contributed by atoms with E-state index in [0.29, 0.717) is 6.42 Å². The summed E-state index contributed by atoms with van der Waals surface area (Å²) < 4.78 is 0. The minimum absolute atomic E-state index is 0.00569. The molecule has 0 rings (SSSR count). The van der Waals surface area contributed by atoms with Gasteiger partial charge in [-0.05, 0) is 64.2 Å². The zero-order chi connectivity index (χ0) is 43.7. The molecule has 0 aromatic heterocycles. The average Bonchev–Trinajstić information content (AvgIpc) is 3.24. The summed E-state index contributed by atoms with van der Waals surface area (Å²) in [7, 11) is 0. The van der Waals surface area contributed by atoms with Crippen molar-refractivity contribution in [1.82, 2.24) is 5.32 Å². The maximum atomic E-state index is 12.4. The minimum atomic E-state index is -0.951. The van der Waals surface area contributed by atoms with Gasteiger partial charge in [-0.25, -0.2) is 0 Å². The molecule has 5 heteroatoms. The van der Waals surface area contributed by atoms with E-state index in [2.05, 4.69) is 55.6 Å². The van der Waals surface area contributed by atoms with Gasteiger partial charge >= 0.3 is 0 Å². The number of hydrogen-bond donors (Lipinski definition) is 4. The molecule has 0 spiro atoms. The summed E-state index contributed by atoms with van der Waals surface area (Å²) in [5, 5.41) is 33.2. The Balaban J connectivity index is 3.53. The van der Waals surface area contributed by atoms with Crippen LogP contribution in [0, 0.1) is 0 Å². The molecule has 0 fully saturated rings. The highest BCUT2D eigenvalue weighted by molar-refractivity contribution is 5.76. The number of rotatable bonds is 48. The fraction of sp³-hybridized carbons (Fsp3) is 0.836. The standard InChI is InChI=1S/C55H103NO4/c1-3-5-7-9-11-13-15-17-18-19-20-21-22-23-24-25-26-27-28-29-30-31-32-33-34-35-36-37-38-40-42-44-46-48-52(58)50-55(60)56-53(51-57)54(59)49-47-45-43-41-39-16-14-12-10-8-6-4-2/h22-23,25-26,39,41,47,49,52-54,57-59H,3-21,24,27-38,40,42-46,48,50-51H2,1-2H3,(H,56,60)/b23-22-,26-25-,41-39+,49-47+. The monoisotopic (exact) mass is 842 g/mol. The first-order valence-electron chi connectivity index (χ1n) is 26.4. The van der Waals surface area contributed by atoms with Gasteiger partial charge in [-0.15, -0.1) is 0 Å². The van der Waals surface area contributed by atoms with Crippen molar-refractivity contribution in [3.05, 3.63) is 48.6 Å². The number of carbonyl (C=O) groups is 1. The largest absolute Gasteiger partial charge is 0.394 e. The summed E-state index contributed by atoms with van der Waals surface area (Å²) in [6, 6.07) is -0.760. The Kier molecular flexibility index (Phi) is 48.6. The van der Waals surface area contributed by atoms with Gasteiger partial charge in [0.1, 0.15) is 0 Å². The first-order chi connectivity index (χ1) is 29.5. The normalized spacial score (nSPS) is 13.8. The SMILES string of the molecule is CCCCCCCC/C=C/CC/C=C/C(O)C(CO)NC(=O)CC(O)CCCCCCCCCCCCCCCCC/C=C\C/C=C\CCCCCCCCCCCCC. The molecule has 5 nitrogen and oxygen atoms in total. The van der Waals surface area contributed by atoms with Crippen molar-refractivity contribution in [2.75, 3.05) is 6.61 Å². The minimum Gasteiger partial charge on any atom is -0.394 e. The molecule has 0 aliphatic carbocycles. The second kappa shape index (κ2) is 50.0. The van der Waals surface area contributed by atoms with Crippen LogP contribution >= 0.6 is 0 Å². The van der Waals surface area contributed by atoms with Crippen LogP contribution in [0.25, 0.3) is 0 Å². The lowest BCUT2D eigenvalue weighted by Crippen LogP contribution is -2.45. The summed E-state index contributed by atoms with van der Waals surface area (Å²) in [6.45, 7) is 4.19. The molecule has 0 saturated heterocycles. The van der Waals surface area contributed by atoms with Gasteiger partial charge < -0.3 is 20.6 Å². The highest BCUT2D eigenvalue weighted by Crippen LogP contribution is 2.16. The lowest BCUT2D eigenvalue weighted by Gasteiger charge is -2.21. The highest BCUT2D eigenvalue weighted by atomic mass is 16.3. The molecule has 3 atom stereocenters. The van der Waals surface area contributed by atoms with Crippen molar-refractivity contribution in [3.8, 4) is 0 Å². The lowest BCUT2D eigenvalue weighted by molar-refractivity contribution is -0.124. The van der Waals surface area contributed by atoms with Crippen LogP contribution in [0.15, 0.2) is 48.6 Å². The predicted molar refractivity (Wildman–Crippen MR) is 264 cm³/mol. The Labute approximate surface area is 374 Å². The van der Waals surface area contributed by atoms with Gasteiger partial charge in [0.2, 0.25) is 5.91 Å². The number of allylic oxidation sites excluding steroid dienone is 7. The third-order valence-corrected chi connectivity index (χ3v) is 12.1. The number of hydrogen-bond acceptors (Lipinski definition) is 4. The van der Waals surface area contributed by atoms with E-state index in [1.54, 1.807) is 6.08 Å². The van der Waals surface area contributed by atoms with Gasteiger partial charge in [-0.3, -0.25) is 4.79 Å². The highest BCUT2D eigenvalue weighted by Gasteiger charge is 2.20. The van der Waals surface area contributed by atoms with Crippen LogP contribution in [0.3, 0.4) is 0 Å². The van der Waals surface area contributed by atoms with Crippen molar-refractivity contribution in [1.29, 1.82) is 0 Å². The summed E-state index contributed by atoms with van der Waals surface area (Å²) in [5.74, 6) is -0.325. The molecule has 0 heterocycles. The van der Waals surface area contributed by atoms with E-state index >= 15 is 0 Å². The summed E-state index contributed by atoms with van der Waals surface area (Å²) >= 11 is 0. The molecule has 0 aromatic rings. The van der Waals surface area contributed by atoms with E-state index in [4.69, 9.17) is 0 Å². The number of aliphatic hydroxyl groups is 3. The third-order valence-electron chi connectivity index (χ3n) is 12.1. The maximum Gasteiger partial charge on any atom is 0.222 e. The molecule has 0 aliphatic rings. The average molecular weight is 842 g/mol. The quantitative estimate of drug-likeness (QED) is 0.0363. The Morgan fingerprint density at radius 1 is 0.433 bits per heavy atom. The van der Waals surface area contributed by atoms with Crippen LogP contribution in [0.5, 0.6) is 0 Å². The van der Waals surface area contributed by atoms with Crippen LogP contribution in [0.2, 0.25) is 0 Å². The molecule has 3 unspecified atom stereocenters. The maximum absolute atomic E-state index is 12.4. The van der Waals surface area contributed by atoms with Crippen molar-refractivity contribution >= 4 is 5.91 Å². The molecule has 0 aromatic carbocycles. The van der Waals surface area contributed by atoms with E-state index in [1.165, 1.54) is 205 Å². The lowest BCUT2D eigenvalue weighted by atomic mass is 10.0. The van der Waals surface area contributed by atoms with Gasteiger partial charge in [-0.2, -0.15) is 0 Å². The second-order valence-electron chi connectivity index (χ2n) is 18.1. The first kappa shape index (κ1) is 58.3. The van der Waals surface area contributed by atoms with E-state index in [0.717, 1.165) is 38.5 Å². The molecule has 0 bridgehead atoms. The Morgan fingerprint density at radius 2 is 0.767 bits per heavy atom. The Bertz CT molecular complexity index is 974. The van der Waals surface area contributed by atoms with Gasteiger partial charge in [0, 0.05) is 0 Å². The number of amides is 1. The van der Waals surface area contributed by atoms with E-state index < -0.39 is 18.2 Å². The predicted octanol–water partition coefficient (Wildman–Crippen LogP) is 16.1. The van der Waals surface area contributed by atoms with Gasteiger partial charge in [0.05, 0.1) is 31.3 Å². The smallest absolute Gasteiger partial charge is 0.222 e. The fourth-order valence-electron chi connectivity index (χ4n) is 8.03. The topological polar surface area (TPSA) is 89.8 Å². The first-order valence-corrected chi connectivity index (χ1v) is 26.4. The molecule has 0 saturated carbocycles. The zero-order valence-electron chi connectivity index (χ0n) is 40.1. The molecule has 0 radical (unpaired) electrons. The number of aliphatic hydroxyl groups excluding tert-OH is 3. The number of unbranched alkanes of at least 4 members (excludes halogenated alkanes) is 33. The molecule has 60 heavy (non-hydrogen) atoms. The molecule has 4 N–H and O–H groups in total. The van der Waals surface area contributed by atoms with Gasteiger partial charge in [0.15, 0.2) is 0 Å². The van der Waals surface area contributed by atoms with Crippen LogP contribution < -0.4 is 5.32 Å². The molecular formula is C55H103NO4. The van der Waals surface area contributed by atoms with Crippen LogP contribution in [0.4, 0.5) is 0 Å². The Morgan fingerprint density at radius 3 is 1.17 bits per heavy atom. The molecular weight excluding hydrogens is 739 g/mol. The van der Waals surface area contributed by atoms with Crippen molar-refractivity contribution < 1.29 is 20.1 Å². The van der Waals surface area contributed by atoms with Crippen LogP contribution in [-0.2, 0) is 4.79 Å². The van der Waals surface area contributed by atoms with E-state index in [1.807, 2.05) is 6.08 Å². The fourth-order valence-corrected chi connectivity index (χ4v) is 8.03. The van der Waals surface area contributed by atoms with Crippen molar-refractivity contribution in [2.24, 2.45) is 0 Å². The summed E-state index contributed by atoms with van der Waals surface area (Å²) in [5.41, 5.74) is 0. The van der Waals surface area contributed by atoms with Crippen molar-refractivity contribution in [3.63, 3.8) is 0 Å². The molecule has 1 amide bonds. The number of carbonyl (C=O) groups excluding carboxylic acids is 1. The van der Waals surface area contributed by atoms with E-state index in [9.17, 15) is 20.1 Å². The zero-order valence-corrected chi connectivity index (χ0v) is 40.1. The number of nitrogens with one attached hydrogen (secondary N) is 1. The molecule has 0 aliphatic heterocycles.